The van der Waals surface area contributed by atoms with Crippen LogP contribution in [-0.4, -0.2) is 49.3 Å². The zero-order chi connectivity index (χ0) is 12.4. The molecule has 3 rings (SSSR count). The summed E-state index contributed by atoms with van der Waals surface area (Å²) in [7, 11) is 1.89. The molecule has 3 fully saturated rings. The van der Waals surface area contributed by atoms with E-state index in [0.29, 0.717) is 11.6 Å². The number of hydrogen-bond donors (Lipinski definition) is 1. The first-order valence-electron chi connectivity index (χ1n) is 7.84. The molecule has 1 saturated heterocycles. The molecule has 1 heterocycles. The van der Waals surface area contributed by atoms with E-state index in [-0.39, 0.29) is 0 Å². The number of rotatable bonds is 2. The van der Waals surface area contributed by atoms with E-state index >= 15 is 0 Å². The Bertz CT molecular complexity index is 276. The van der Waals surface area contributed by atoms with E-state index in [0.717, 1.165) is 6.04 Å². The molecule has 2 unspecified atom stereocenters. The zero-order valence-corrected chi connectivity index (χ0v) is 11.8. The van der Waals surface area contributed by atoms with Crippen molar-refractivity contribution in [3.05, 3.63) is 0 Å². The monoisotopic (exact) mass is 252 g/mol. The van der Waals surface area contributed by atoms with E-state index in [4.69, 9.17) is 4.74 Å². The first kappa shape index (κ1) is 12.9. The van der Waals surface area contributed by atoms with Gasteiger partial charge in [0.15, 0.2) is 0 Å². The Morgan fingerprint density at radius 3 is 2.78 bits per heavy atom. The van der Waals surface area contributed by atoms with Gasteiger partial charge < -0.3 is 10.1 Å². The van der Waals surface area contributed by atoms with Crippen LogP contribution < -0.4 is 5.32 Å². The maximum Gasteiger partial charge on any atom is 0.0586 e. The summed E-state index contributed by atoms with van der Waals surface area (Å²) in [4.78, 5) is 2.88. The molecule has 1 aliphatic heterocycles. The van der Waals surface area contributed by atoms with Crippen molar-refractivity contribution < 1.29 is 4.74 Å². The van der Waals surface area contributed by atoms with E-state index in [2.05, 4.69) is 10.2 Å². The summed E-state index contributed by atoms with van der Waals surface area (Å²) in [5, 5.41) is 3.64. The SMILES string of the molecule is COC1CCCC(N2CCNCC23CCCC3)C1. The summed E-state index contributed by atoms with van der Waals surface area (Å²) in [6.45, 7) is 3.65. The lowest BCUT2D eigenvalue weighted by atomic mass is 9.85. The fraction of sp³-hybridized carbons (Fsp3) is 1.00. The molecule has 18 heavy (non-hydrogen) atoms. The van der Waals surface area contributed by atoms with Crippen molar-refractivity contribution in [3.8, 4) is 0 Å². The summed E-state index contributed by atoms with van der Waals surface area (Å²) >= 11 is 0. The van der Waals surface area contributed by atoms with Gasteiger partial charge in [-0.3, -0.25) is 4.90 Å². The standard InChI is InChI=1S/C15H28N2O/c1-18-14-6-4-5-13(11-14)17-10-9-16-12-15(17)7-2-3-8-15/h13-14,16H,2-12H2,1H3. The van der Waals surface area contributed by atoms with E-state index in [1.54, 1.807) is 0 Å². The third-order valence-corrected chi connectivity index (χ3v) is 5.50. The highest BCUT2D eigenvalue weighted by Crippen LogP contribution is 2.40. The summed E-state index contributed by atoms with van der Waals surface area (Å²) in [5.41, 5.74) is 0.499. The largest absolute Gasteiger partial charge is 0.381 e. The smallest absolute Gasteiger partial charge is 0.0586 e. The van der Waals surface area contributed by atoms with E-state index in [9.17, 15) is 0 Å². The number of methoxy groups -OCH3 is 1. The third-order valence-electron chi connectivity index (χ3n) is 5.50. The van der Waals surface area contributed by atoms with Gasteiger partial charge in [0.05, 0.1) is 6.10 Å². The van der Waals surface area contributed by atoms with Gasteiger partial charge in [-0.25, -0.2) is 0 Å². The van der Waals surface area contributed by atoms with Crippen LogP contribution in [0.4, 0.5) is 0 Å². The number of ether oxygens (including phenoxy) is 1. The Kier molecular flexibility index (Phi) is 3.92. The third kappa shape index (κ3) is 2.33. The van der Waals surface area contributed by atoms with Gasteiger partial charge in [0.25, 0.3) is 0 Å². The number of hydrogen-bond acceptors (Lipinski definition) is 3. The molecule has 0 aromatic rings. The molecule has 0 amide bonds. The molecular formula is C15H28N2O. The molecule has 2 atom stereocenters. The molecule has 3 heteroatoms. The van der Waals surface area contributed by atoms with E-state index in [1.165, 1.54) is 71.0 Å². The van der Waals surface area contributed by atoms with Crippen molar-refractivity contribution in [2.24, 2.45) is 0 Å². The Morgan fingerprint density at radius 1 is 1.17 bits per heavy atom. The van der Waals surface area contributed by atoms with Crippen molar-refractivity contribution >= 4 is 0 Å². The second kappa shape index (κ2) is 5.48. The maximum absolute atomic E-state index is 5.62. The Labute approximate surface area is 111 Å². The number of nitrogens with zero attached hydrogens (tertiary/aromatic N) is 1. The minimum atomic E-state index is 0.499. The molecule has 104 valence electrons. The molecule has 3 nitrogen and oxygen atoms in total. The second-order valence-corrected chi connectivity index (χ2v) is 6.48. The van der Waals surface area contributed by atoms with Crippen molar-refractivity contribution in [2.45, 2.75) is 69.1 Å². The van der Waals surface area contributed by atoms with Crippen LogP contribution in [0.15, 0.2) is 0 Å². The molecule has 1 spiro atoms. The molecule has 0 radical (unpaired) electrons. The average molecular weight is 252 g/mol. The van der Waals surface area contributed by atoms with Crippen molar-refractivity contribution in [3.63, 3.8) is 0 Å². The van der Waals surface area contributed by atoms with Gasteiger partial charge in [0.2, 0.25) is 0 Å². The number of piperazine rings is 1. The van der Waals surface area contributed by atoms with Crippen LogP contribution in [0.2, 0.25) is 0 Å². The van der Waals surface area contributed by atoms with Crippen LogP contribution in [0.3, 0.4) is 0 Å². The minimum Gasteiger partial charge on any atom is -0.381 e. The van der Waals surface area contributed by atoms with Gasteiger partial charge in [-0.2, -0.15) is 0 Å². The normalized spacial score (nSPS) is 37.2. The summed E-state index contributed by atoms with van der Waals surface area (Å²) in [5.74, 6) is 0. The Hall–Kier alpha value is -0.120. The molecule has 0 bridgehead atoms. The van der Waals surface area contributed by atoms with Gasteiger partial charge in [0.1, 0.15) is 0 Å². The van der Waals surface area contributed by atoms with Crippen LogP contribution in [0.5, 0.6) is 0 Å². The lowest BCUT2D eigenvalue weighted by molar-refractivity contribution is -0.0284. The second-order valence-electron chi connectivity index (χ2n) is 6.48. The molecule has 1 N–H and O–H groups in total. The summed E-state index contributed by atoms with van der Waals surface area (Å²) < 4.78 is 5.62. The Balaban J connectivity index is 1.72. The molecule has 2 saturated carbocycles. The molecule has 3 aliphatic rings. The van der Waals surface area contributed by atoms with E-state index in [1.807, 2.05) is 7.11 Å². The molecule has 2 aliphatic carbocycles. The molecular weight excluding hydrogens is 224 g/mol. The van der Waals surface area contributed by atoms with Crippen molar-refractivity contribution in [1.29, 1.82) is 0 Å². The molecule has 0 aromatic heterocycles. The zero-order valence-electron chi connectivity index (χ0n) is 11.8. The lowest BCUT2D eigenvalue weighted by Crippen LogP contribution is -2.63. The highest BCUT2D eigenvalue weighted by Gasteiger charge is 2.44. The van der Waals surface area contributed by atoms with Crippen molar-refractivity contribution in [2.75, 3.05) is 26.7 Å². The fourth-order valence-corrected chi connectivity index (χ4v) is 4.54. The van der Waals surface area contributed by atoms with E-state index < -0.39 is 0 Å². The first-order chi connectivity index (χ1) is 8.84. The Morgan fingerprint density at radius 2 is 2.00 bits per heavy atom. The van der Waals surface area contributed by atoms with Crippen LogP contribution in [0.25, 0.3) is 0 Å². The number of nitrogens with one attached hydrogen (secondary N) is 1. The highest BCUT2D eigenvalue weighted by atomic mass is 16.5. The lowest BCUT2D eigenvalue weighted by Gasteiger charge is -2.51. The highest BCUT2D eigenvalue weighted by molar-refractivity contribution is 5.02. The van der Waals surface area contributed by atoms with Gasteiger partial charge in [-0.15, -0.1) is 0 Å². The fourth-order valence-electron chi connectivity index (χ4n) is 4.54. The van der Waals surface area contributed by atoms with Gasteiger partial charge >= 0.3 is 0 Å². The topological polar surface area (TPSA) is 24.5 Å². The summed E-state index contributed by atoms with van der Waals surface area (Å²) in [6, 6.07) is 0.781. The van der Waals surface area contributed by atoms with Crippen LogP contribution in [0.1, 0.15) is 51.4 Å². The predicted molar refractivity (Wildman–Crippen MR) is 73.8 cm³/mol. The first-order valence-corrected chi connectivity index (χ1v) is 7.84. The van der Waals surface area contributed by atoms with Crippen LogP contribution in [0, 0.1) is 0 Å². The van der Waals surface area contributed by atoms with Gasteiger partial charge in [-0.1, -0.05) is 12.8 Å². The predicted octanol–water partition coefficient (Wildman–Crippen LogP) is 2.16. The summed E-state index contributed by atoms with van der Waals surface area (Å²) in [6.07, 6.45) is 11.5. The maximum atomic E-state index is 5.62. The quantitative estimate of drug-likeness (QED) is 0.815. The van der Waals surface area contributed by atoms with Crippen LogP contribution >= 0.6 is 0 Å². The average Bonchev–Trinajstić information content (AvgIpc) is 2.88. The van der Waals surface area contributed by atoms with Gasteiger partial charge in [0, 0.05) is 38.3 Å². The van der Waals surface area contributed by atoms with Gasteiger partial charge in [-0.05, 0) is 38.5 Å². The minimum absolute atomic E-state index is 0.499. The van der Waals surface area contributed by atoms with Crippen molar-refractivity contribution in [1.82, 2.24) is 10.2 Å². The van der Waals surface area contributed by atoms with Crippen LogP contribution in [-0.2, 0) is 4.74 Å². The molecule has 0 aromatic carbocycles.